The molecule has 20 heavy (non-hydrogen) atoms. The van der Waals surface area contributed by atoms with E-state index in [9.17, 15) is 0 Å². The van der Waals surface area contributed by atoms with Crippen molar-refractivity contribution >= 4 is 22.9 Å². The number of halogens is 1. The van der Waals surface area contributed by atoms with Gasteiger partial charge in [-0.15, -0.1) is 11.3 Å². The lowest BCUT2D eigenvalue weighted by atomic mass is 10.1. The molecule has 0 saturated carbocycles. The van der Waals surface area contributed by atoms with Crippen LogP contribution in [0.3, 0.4) is 0 Å². The topological polar surface area (TPSA) is 59.1 Å². The Balaban J connectivity index is 2.34. The second-order valence-corrected chi connectivity index (χ2v) is 6.33. The Kier molecular flexibility index (Phi) is 5.17. The summed E-state index contributed by atoms with van der Waals surface area (Å²) in [4.78, 5) is 3.28. The van der Waals surface area contributed by atoms with E-state index in [2.05, 4.69) is 33.8 Å². The highest BCUT2D eigenvalue weighted by Crippen LogP contribution is 2.32. The van der Waals surface area contributed by atoms with Crippen molar-refractivity contribution in [1.82, 2.24) is 20.1 Å². The Bertz CT molecular complexity index is 563. The first-order valence-electron chi connectivity index (χ1n) is 6.40. The molecular weight excluding hydrogens is 294 g/mol. The normalized spacial score (nSPS) is 13.1. The Morgan fingerprint density at radius 1 is 1.55 bits per heavy atom. The average Bonchev–Trinajstić information content (AvgIpc) is 2.97. The SMILES string of the molecule is Cc1ccsc1C(NN)c1c(Cl)cnn1CCN(C)C. The molecule has 3 N–H and O–H groups in total. The van der Waals surface area contributed by atoms with Crippen LogP contribution in [0.25, 0.3) is 0 Å². The molecule has 2 rings (SSSR count). The van der Waals surface area contributed by atoms with E-state index in [1.165, 1.54) is 10.4 Å². The van der Waals surface area contributed by atoms with Crippen LogP contribution >= 0.6 is 22.9 Å². The number of nitrogens with one attached hydrogen (secondary N) is 1. The zero-order valence-corrected chi connectivity index (χ0v) is 13.5. The van der Waals surface area contributed by atoms with Crippen LogP contribution in [-0.4, -0.2) is 35.3 Å². The van der Waals surface area contributed by atoms with Crippen molar-refractivity contribution in [2.45, 2.75) is 19.5 Å². The van der Waals surface area contributed by atoms with Crippen LogP contribution in [0.2, 0.25) is 5.02 Å². The first-order valence-corrected chi connectivity index (χ1v) is 7.66. The fourth-order valence-electron chi connectivity index (χ4n) is 2.09. The zero-order valence-electron chi connectivity index (χ0n) is 11.9. The molecule has 0 aliphatic rings. The molecular formula is C13H20ClN5S. The number of hydrogen-bond donors (Lipinski definition) is 2. The molecule has 1 unspecified atom stereocenters. The lowest BCUT2D eigenvalue weighted by Gasteiger charge is -2.19. The molecule has 0 bridgehead atoms. The highest BCUT2D eigenvalue weighted by Gasteiger charge is 2.23. The summed E-state index contributed by atoms with van der Waals surface area (Å²) in [5.41, 5.74) is 4.99. The fraction of sp³-hybridized carbons (Fsp3) is 0.462. The third kappa shape index (κ3) is 3.21. The fourth-order valence-corrected chi connectivity index (χ4v) is 3.33. The smallest absolute Gasteiger partial charge is 0.0987 e. The van der Waals surface area contributed by atoms with Crippen LogP contribution in [0.1, 0.15) is 22.2 Å². The minimum absolute atomic E-state index is 0.132. The average molecular weight is 314 g/mol. The first kappa shape index (κ1) is 15.5. The van der Waals surface area contributed by atoms with Gasteiger partial charge in [0, 0.05) is 11.4 Å². The summed E-state index contributed by atoms with van der Waals surface area (Å²) in [5.74, 6) is 5.76. The van der Waals surface area contributed by atoms with E-state index in [-0.39, 0.29) is 6.04 Å². The zero-order chi connectivity index (χ0) is 14.7. The number of hydrazine groups is 1. The number of rotatable bonds is 6. The van der Waals surface area contributed by atoms with E-state index in [0.717, 1.165) is 18.8 Å². The van der Waals surface area contributed by atoms with Crippen molar-refractivity contribution in [3.05, 3.63) is 38.8 Å². The molecule has 0 aromatic carbocycles. The van der Waals surface area contributed by atoms with E-state index >= 15 is 0 Å². The number of likely N-dealkylation sites (N-methyl/N-ethyl adjacent to an activating group) is 1. The largest absolute Gasteiger partial charge is 0.308 e. The Hall–Kier alpha value is -0.920. The molecule has 0 spiro atoms. The van der Waals surface area contributed by atoms with Crippen molar-refractivity contribution in [2.75, 3.05) is 20.6 Å². The molecule has 2 aromatic heterocycles. The number of aromatic nitrogens is 2. The maximum atomic E-state index is 6.32. The molecule has 110 valence electrons. The third-order valence-electron chi connectivity index (χ3n) is 3.20. The maximum Gasteiger partial charge on any atom is 0.0987 e. The number of nitrogens with two attached hydrogens (primary N) is 1. The Morgan fingerprint density at radius 3 is 2.85 bits per heavy atom. The van der Waals surface area contributed by atoms with Crippen molar-refractivity contribution in [2.24, 2.45) is 5.84 Å². The van der Waals surface area contributed by atoms with Crippen LogP contribution in [0, 0.1) is 6.92 Å². The van der Waals surface area contributed by atoms with E-state index in [4.69, 9.17) is 17.4 Å². The van der Waals surface area contributed by atoms with Gasteiger partial charge in [0.15, 0.2) is 0 Å². The molecule has 0 fully saturated rings. The summed E-state index contributed by atoms with van der Waals surface area (Å²) in [7, 11) is 4.07. The van der Waals surface area contributed by atoms with Crippen LogP contribution < -0.4 is 11.3 Å². The summed E-state index contributed by atoms with van der Waals surface area (Å²) in [6.07, 6.45) is 1.68. The Labute approximate surface area is 128 Å². The maximum absolute atomic E-state index is 6.32. The highest BCUT2D eigenvalue weighted by atomic mass is 35.5. The van der Waals surface area contributed by atoms with Gasteiger partial charge in [-0.2, -0.15) is 5.10 Å². The monoisotopic (exact) mass is 313 g/mol. The van der Waals surface area contributed by atoms with Crippen LogP contribution in [0.15, 0.2) is 17.6 Å². The van der Waals surface area contributed by atoms with Gasteiger partial charge in [0.05, 0.1) is 29.5 Å². The van der Waals surface area contributed by atoms with E-state index in [1.54, 1.807) is 17.5 Å². The van der Waals surface area contributed by atoms with Crippen LogP contribution in [-0.2, 0) is 6.54 Å². The summed E-state index contributed by atoms with van der Waals surface area (Å²) < 4.78 is 1.92. The van der Waals surface area contributed by atoms with Gasteiger partial charge in [-0.25, -0.2) is 5.43 Å². The predicted molar refractivity (Wildman–Crippen MR) is 84.0 cm³/mol. The standard InChI is InChI=1S/C13H20ClN5S/c1-9-4-7-20-13(9)11(17-15)12-10(14)8-16-19(12)6-5-18(2)3/h4,7-8,11,17H,5-6,15H2,1-3H3. The van der Waals surface area contributed by atoms with Gasteiger partial charge in [-0.05, 0) is 38.0 Å². The summed E-state index contributed by atoms with van der Waals surface area (Å²) in [6, 6.07) is 1.95. The van der Waals surface area contributed by atoms with E-state index in [1.807, 2.05) is 18.8 Å². The van der Waals surface area contributed by atoms with Crippen molar-refractivity contribution in [3.8, 4) is 0 Å². The van der Waals surface area contributed by atoms with Gasteiger partial charge < -0.3 is 4.90 Å². The van der Waals surface area contributed by atoms with Crippen LogP contribution in [0.4, 0.5) is 0 Å². The van der Waals surface area contributed by atoms with Gasteiger partial charge in [0.2, 0.25) is 0 Å². The van der Waals surface area contributed by atoms with Gasteiger partial charge in [-0.3, -0.25) is 10.5 Å². The highest BCUT2D eigenvalue weighted by molar-refractivity contribution is 7.10. The lowest BCUT2D eigenvalue weighted by molar-refractivity contribution is 0.366. The molecule has 0 saturated heterocycles. The van der Waals surface area contributed by atoms with Gasteiger partial charge >= 0.3 is 0 Å². The molecule has 0 aliphatic carbocycles. The first-order chi connectivity index (χ1) is 9.54. The molecule has 2 heterocycles. The second kappa shape index (κ2) is 6.69. The van der Waals surface area contributed by atoms with Gasteiger partial charge in [0.1, 0.15) is 0 Å². The summed E-state index contributed by atoms with van der Waals surface area (Å²) in [6.45, 7) is 3.74. The number of aryl methyl sites for hydroxylation is 1. The molecule has 2 aromatic rings. The second-order valence-electron chi connectivity index (χ2n) is 4.97. The summed E-state index contributed by atoms with van der Waals surface area (Å²) in [5, 5.41) is 7.06. The van der Waals surface area contributed by atoms with Crippen molar-refractivity contribution in [3.63, 3.8) is 0 Å². The molecule has 7 heteroatoms. The van der Waals surface area contributed by atoms with Crippen molar-refractivity contribution in [1.29, 1.82) is 0 Å². The van der Waals surface area contributed by atoms with E-state index < -0.39 is 0 Å². The number of nitrogens with zero attached hydrogens (tertiary/aromatic N) is 3. The predicted octanol–water partition coefficient (Wildman–Crippen LogP) is 2.02. The van der Waals surface area contributed by atoms with Crippen LogP contribution in [0.5, 0.6) is 0 Å². The molecule has 5 nitrogen and oxygen atoms in total. The Morgan fingerprint density at radius 2 is 2.30 bits per heavy atom. The molecule has 0 aliphatic heterocycles. The third-order valence-corrected chi connectivity index (χ3v) is 4.57. The van der Waals surface area contributed by atoms with Gasteiger partial charge in [-0.1, -0.05) is 11.6 Å². The molecule has 0 amide bonds. The number of hydrogen-bond acceptors (Lipinski definition) is 5. The minimum atomic E-state index is -0.132. The number of thiophene rings is 1. The molecule has 0 radical (unpaired) electrons. The van der Waals surface area contributed by atoms with E-state index in [0.29, 0.717) is 5.02 Å². The summed E-state index contributed by atoms with van der Waals surface area (Å²) >= 11 is 7.98. The van der Waals surface area contributed by atoms with Crippen molar-refractivity contribution < 1.29 is 0 Å². The van der Waals surface area contributed by atoms with Gasteiger partial charge in [0.25, 0.3) is 0 Å². The minimum Gasteiger partial charge on any atom is -0.308 e. The molecule has 1 atom stereocenters. The lowest BCUT2D eigenvalue weighted by Crippen LogP contribution is -2.31. The quantitative estimate of drug-likeness (QED) is 0.633.